The number of hydrogen-bond donors (Lipinski definition) is 0. The summed E-state index contributed by atoms with van der Waals surface area (Å²) in [5.74, 6) is 1.38. The van der Waals surface area contributed by atoms with Gasteiger partial charge >= 0.3 is 0 Å². The molecule has 2 aromatic heterocycles. The Morgan fingerprint density at radius 2 is 2.52 bits per heavy atom. The molecule has 0 saturated carbocycles. The van der Waals surface area contributed by atoms with E-state index in [1.54, 1.807) is 7.11 Å². The summed E-state index contributed by atoms with van der Waals surface area (Å²) in [4.78, 5) is 19.4. The van der Waals surface area contributed by atoms with Gasteiger partial charge in [0.15, 0.2) is 5.82 Å². The van der Waals surface area contributed by atoms with Crippen LogP contribution in [0.3, 0.4) is 0 Å². The van der Waals surface area contributed by atoms with Crippen LogP contribution in [0.25, 0.3) is 0 Å². The SMILES string of the molecule is COCc1nc(C2CCCN(C(=O)c3cccs3)C2)no1. The molecule has 1 amide bonds. The van der Waals surface area contributed by atoms with Crippen LogP contribution in [0, 0.1) is 0 Å². The molecule has 112 valence electrons. The minimum atomic E-state index is 0.0929. The second kappa shape index (κ2) is 6.36. The lowest BCUT2D eigenvalue weighted by atomic mass is 9.97. The predicted octanol–water partition coefficient (Wildman–Crippen LogP) is 2.30. The van der Waals surface area contributed by atoms with Crippen LogP contribution in [0.15, 0.2) is 22.0 Å². The van der Waals surface area contributed by atoms with Crippen LogP contribution in [0.2, 0.25) is 0 Å². The van der Waals surface area contributed by atoms with Gasteiger partial charge in [-0.1, -0.05) is 11.2 Å². The number of nitrogens with zero attached hydrogens (tertiary/aromatic N) is 3. The molecular formula is C14H17N3O3S. The molecule has 1 unspecified atom stereocenters. The number of methoxy groups -OCH3 is 1. The highest BCUT2D eigenvalue weighted by Gasteiger charge is 2.28. The number of ether oxygens (including phenoxy) is 1. The fraction of sp³-hybridized carbons (Fsp3) is 0.500. The van der Waals surface area contributed by atoms with Gasteiger partial charge in [-0.25, -0.2) is 0 Å². The number of thiophene rings is 1. The summed E-state index contributed by atoms with van der Waals surface area (Å²) in [6, 6.07) is 3.76. The lowest BCUT2D eigenvalue weighted by molar-refractivity contribution is 0.0708. The van der Waals surface area contributed by atoms with E-state index < -0.39 is 0 Å². The molecule has 3 rings (SSSR count). The predicted molar refractivity (Wildman–Crippen MR) is 77.2 cm³/mol. The summed E-state index contributed by atoms with van der Waals surface area (Å²) in [7, 11) is 1.59. The van der Waals surface area contributed by atoms with Gasteiger partial charge in [0.2, 0.25) is 0 Å². The summed E-state index contributed by atoms with van der Waals surface area (Å²) in [6.45, 7) is 1.75. The zero-order valence-electron chi connectivity index (χ0n) is 11.8. The first-order valence-corrected chi connectivity index (χ1v) is 7.80. The van der Waals surface area contributed by atoms with Crippen LogP contribution in [0.4, 0.5) is 0 Å². The maximum Gasteiger partial charge on any atom is 0.263 e. The van der Waals surface area contributed by atoms with Crippen molar-refractivity contribution >= 4 is 17.2 Å². The van der Waals surface area contributed by atoms with E-state index in [4.69, 9.17) is 9.26 Å². The maximum atomic E-state index is 12.4. The Hall–Kier alpha value is -1.73. The van der Waals surface area contributed by atoms with E-state index in [0.717, 1.165) is 24.3 Å². The molecular weight excluding hydrogens is 290 g/mol. The number of likely N-dealkylation sites (tertiary alicyclic amines) is 1. The van der Waals surface area contributed by atoms with E-state index in [1.807, 2.05) is 22.4 Å². The van der Waals surface area contributed by atoms with Crippen molar-refractivity contribution in [2.75, 3.05) is 20.2 Å². The lowest BCUT2D eigenvalue weighted by Gasteiger charge is -2.30. The Kier molecular flexibility index (Phi) is 4.31. The minimum Gasteiger partial charge on any atom is -0.375 e. The molecule has 1 aliphatic rings. The van der Waals surface area contributed by atoms with Gasteiger partial charge in [-0.05, 0) is 24.3 Å². The van der Waals surface area contributed by atoms with Crippen LogP contribution < -0.4 is 0 Å². The fourth-order valence-electron chi connectivity index (χ4n) is 2.54. The highest BCUT2D eigenvalue weighted by molar-refractivity contribution is 7.12. The van der Waals surface area contributed by atoms with Crippen molar-refractivity contribution in [3.8, 4) is 0 Å². The number of amides is 1. The summed E-state index contributed by atoms with van der Waals surface area (Å²) >= 11 is 1.47. The summed E-state index contributed by atoms with van der Waals surface area (Å²) < 4.78 is 10.1. The van der Waals surface area contributed by atoms with Crippen molar-refractivity contribution in [1.29, 1.82) is 0 Å². The topological polar surface area (TPSA) is 68.5 Å². The number of carbonyl (C=O) groups excluding carboxylic acids is 1. The van der Waals surface area contributed by atoms with Gasteiger partial charge in [-0.3, -0.25) is 4.79 Å². The Balaban J connectivity index is 1.69. The Morgan fingerprint density at radius 3 is 3.29 bits per heavy atom. The first-order valence-electron chi connectivity index (χ1n) is 6.92. The summed E-state index contributed by atoms with van der Waals surface area (Å²) in [5, 5.41) is 5.94. The molecule has 1 aliphatic heterocycles. The molecule has 3 heterocycles. The zero-order valence-corrected chi connectivity index (χ0v) is 12.6. The van der Waals surface area contributed by atoms with Gasteiger partial charge in [-0.2, -0.15) is 4.98 Å². The Labute approximate surface area is 126 Å². The molecule has 2 aromatic rings. The standard InChI is InChI=1S/C14H17N3O3S/c1-19-9-12-15-13(16-20-12)10-4-2-6-17(8-10)14(18)11-5-3-7-21-11/h3,5,7,10H,2,4,6,8-9H2,1H3. The quantitative estimate of drug-likeness (QED) is 0.867. The van der Waals surface area contributed by atoms with E-state index in [2.05, 4.69) is 10.1 Å². The van der Waals surface area contributed by atoms with E-state index in [1.165, 1.54) is 11.3 Å². The third-order valence-corrected chi connectivity index (χ3v) is 4.42. The van der Waals surface area contributed by atoms with Crippen LogP contribution in [-0.2, 0) is 11.3 Å². The third-order valence-electron chi connectivity index (χ3n) is 3.56. The van der Waals surface area contributed by atoms with Crippen LogP contribution >= 0.6 is 11.3 Å². The average molecular weight is 307 g/mol. The van der Waals surface area contributed by atoms with Crippen molar-refractivity contribution in [3.63, 3.8) is 0 Å². The molecule has 7 heteroatoms. The molecule has 0 aliphatic carbocycles. The molecule has 0 bridgehead atoms. The minimum absolute atomic E-state index is 0.0929. The molecule has 0 N–H and O–H groups in total. The van der Waals surface area contributed by atoms with Gasteiger partial charge in [0, 0.05) is 26.1 Å². The smallest absolute Gasteiger partial charge is 0.263 e. The van der Waals surface area contributed by atoms with Gasteiger partial charge in [0.1, 0.15) is 6.61 Å². The third kappa shape index (κ3) is 3.14. The van der Waals surface area contributed by atoms with E-state index in [9.17, 15) is 4.79 Å². The van der Waals surface area contributed by atoms with Crippen LogP contribution in [-0.4, -0.2) is 41.1 Å². The Morgan fingerprint density at radius 1 is 1.62 bits per heavy atom. The maximum absolute atomic E-state index is 12.4. The molecule has 1 fully saturated rings. The molecule has 21 heavy (non-hydrogen) atoms. The first kappa shape index (κ1) is 14.2. The molecule has 0 aromatic carbocycles. The molecule has 6 nitrogen and oxygen atoms in total. The number of hydrogen-bond acceptors (Lipinski definition) is 6. The number of rotatable bonds is 4. The number of carbonyl (C=O) groups is 1. The van der Waals surface area contributed by atoms with Crippen LogP contribution in [0.1, 0.15) is 40.1 Å². The van der Waals surface area contributed by atoms with Crippen molar-refractivity contribution < 1.29 is 14.1 Å². The molecule has 0 spiro atoms. The van der Waals surface area contributed by atoms with Crippen LogP contribution in [0.5, 0.6) is 0 Å². The second-order valence-electron chi connectivity index (χ2n) is 5.05. The van der Waals surface area contributed by atoms with Gasteiger partial charge in [0.05, 0.1) is 4.88 Å². The van der Waals surface area contributed by atoms with Gasteiger partial charge < -0.3 is 14.2 Å². The molecule has 0 radical (unpaired) electrons. The normalized spacial score (nSPS) is 18.9. The van der Waals surface area contributed by atoms with Gasteiger partial charge in [-0.15, -0.1) is 11.3 Å². The number of aromatic nitrogens is 2. The average Bonchev–Trinajstić information content (AvgIpc) is 3.18. The summed E-state index contributed by atoms with van der Waals surface area (Å²) in [6.07, 6.45) is 1.93. The fourth-order valence-corrected chi connectivity index (χ4v) is 3.24. The lowest BCUT2D eigenvalue weighted by Crippen LogP contribution is -2.39. The number of piperidine rings is 1. The van der Waals surface area contributed by atoms with Crippen molar-refractivity contribution in [2.24, 2.45) is 0 Å². The van der Waals surface area contributed by atoms with Crippen molar-refractivity contribution in [3.05, 3.63) is 34.1 Å². The molecule has 1 saturated heterocycles. The van der Waals surface area contributed by atoms with Crippen molar-refractivity contribution in [2.45, 2.75) is 25.4 Å². The van der Waals surface area contributed by atoms with E-state index >= 15 is 0 Å². The molecule has 1 atom stereocenters. The monoisotopic (exact) mass is 307 g/mol. The second-order valence-corrected chi connectivity index (χ2v) is 5.99. The highest BCUT2D eigenvalue weighted by atomic mass is 32.1. The Bertz CT molecular complexity index is 596. The largest absolute Gasteiger partial charge is 0.375 e. The van der Waals surface area contributed by atoms with E-state index in [-0.39, 0.29) is 11.8 Å². The first-order chi connectivity index (χ1) is 10.3. The van der Waals surface area contributed by atoms with E-state index in [0.29, 0.717) is 24.9 Å². The highest BCUT2D eigenvalue weighted by Crippen LogP contribution is 2.26. The van der Waals surface area contributed by atoms with Gasteiger partial charge in [0.25, 0.3) is 11.8 Å². The zero-order chi connectivity index (χ0) is 14.7. The van der Waals surface area contributed by atoms with Crippen molar-refractivity contribution in [1.82, 2.24) is 15.0 Å². The summed E-state index contributed by atoms with van der Waals surface area (Å²) in [5.41, 5.74) is 0.